The van der Waals surface area contributed by atoms with Crippen molar-refractivity contribution in [1.29, 1.82) is 0 Å². The minimum absolute atomic E-state index is 0.0517. The van der Waals surface area contributed by atoms with E-state index in [9.17, 15) is 29.3 Å². The maximum absolute atomic E-state index is 13.6. The summed E-state index contributed by atoms with van der Waals surface area (Å²) in [6, 6.07) is 11.6. The van der Waals surface area contributed by atoms with Gasteiger partial charge in [-0.15, -0.1) is 0 Å². The Balaban J connectivity index is 1.74. The number of hydrazine groups is 1. The summed E-state index contributed by atoms with van der Waals surface area (Å²) in [5, 5.41) is 13.0. The Morgan fingerprint density at radius 1 is 0.971 bits per heavy atom. The molecule has 2 aromatic rings. The summed E-state index contributed by atoms with van der Waals surface area (Å²) < 4.78 is 0.740. The van der Waals surface area contributed by atoms with Crippen LogP contribution in [0, 0.1) is 22.0 Å². The minimum atomic E-state index is -0.978. The Bertz CT molecular complexity index is 1190. The number of halogens is 3. The highest BCUT2D eigenvalue weighted by atomic mass is 79.9. The van der Waals surface area contributed by atoms with Crippen LogP contribution in [0.25, 0.3) is 0 Å². The van der Waals surface area contributed by atoms with Gasteiger partial charge in [0.2, 0.25) is 0 Å². The third-order valence-electron chi connectivity index (χ3n) is 6.15. The molecule has 0 spiro atoms. The summed E-state index contributed by atoms with van der Waals surface area (Å²) in [6.07, 6.45) is 0.742. The van der Waals surface area contributed by atoms with E-state index in [2.05, 4.69) is 47.8 Å². The summed E-state index contributed by atoms with van der Waals surface area (Å²) in [5.41, 5.74) is -0.560. The first-order valence-electron chi connectivity index (χ1n) is 10.6. The lowest BCUT2D eigenvalue weighted by Crippen LogP contribution is -2.52. The topological polar surface area (TPSA) is 118 Å². The van der Waals surface area contributed by atoms with E-state index in [1.165, 1.54) is 30.3 Å². The van der Waals surface area contributed by atoms with Crippen molar-refractivity contribution in [1.82, 2.24) is 10.0 Å². The number of nitrogens with zero attached hydrogens (tertiary/aromatic N) is 3. The van der Waals surface area contributed by atoms with Gasteiger partial charge in [-0.2, -0.15) is 5.01 Å². The first-order valence-corrected chi connectivity index (χ1v) is 13.2. The molecule has 4 rings (SSSR count). The molecule has 0 radical (unpaired) electrons. The first-order chi connectivity index (χ1) is 16.6. The number of benzene rings is 2. The lowest BCUT2D eigenvalue weighted by atomic mass is 9.81. The van der Waals surface area contributed by atoms with E-state index in [0.717, 1.165) is 20.6 Å². The zero-order chi connectivity index (χ0) is 25.4. The van der Waals surface area contributed by atoms with Gasteiger partial charge < -0.3 is 0 Å². The molecule has 35 heavy (non-hydrogen) atoms. The standard InChI is InChI=1S/C23H18Br3N3O6/c24-13-7-5-12(6-8-13)20(30)11-27(21(31)14-3-1-2-4-19(14)29(34)35)28-22(32)15-9-17(25)18(26)10-16(15)23(28)33/h1-8,15-18H,9-11H2/t15-,16+,17+,18-. The second-order valence-electron chi connectivity index (χ2n) is 8.27. The second-order valence-corrected chi connectivity index (χ2v) is 11.5. The van der Waals surface area contributed by atoms with Gasteiger partial charge in [-0.05, 0) is 31.0 Å². The average molecular weight is 672 g/mol. The number of Topliss-reactive ketones (excluding diaryl/α,β-unsaturated/α-hetero) is 1. The van der Waals surface area contributed by atoms with Gasteiger partial charge in [0.25, 0.3) is 23.4 Å². The third-order valence-corrected chi connectivity index (χ3v) is 9.42. The fourth-order valence-electron chi connectivity index (χ4n) is 4.36. The Kier molecular flexibility index (Phi) is 7.53. The maximum atomic E-state index is 13.6. The molecule has 182 valence electrons. The molecule has 2 aliphatic rings. The molecule has 2 aromatic carbocycles. The molecule has 0 N–H and O–H groups in total. The SMILES string of the molecule is O=C(CN(C(=O)c1ccccc1[N+](=O)[O-])N1C(=O)[C@H]2C[C@@H](Br)[C@@H](Br)C[C@H]2C1=O)c1ccc(Br)cc1. The summed E-state index contributed by atoms with van der Waals surface area (Å²) in [5.74, 6) is -4.03. The Morgan fingerprint density at radius 2 is 1.51 bits per heavy atom. The van der Waals surface area contributed by atoms with Gasteiger partial charge in [0.05, 0.1) is 16.8 Å². The zero-order valence-electron chi connectivity index (χ0n) is 18.0. The van der Waals surface area contributed by atoms with Crippen molar-refractivity contribution >= 4 is 77.0 Å². The number of carbonyl (C=O) groups is 4. The molecule has 4 atom stereocenters. The lowest BCUT2D eigenvalue weighted by molar-refractivity contribution is -0.385. The maximum Gasteiger partial charge on any atom is 0.282 e. The molecule has 2 fully saturated rings. The van der Waals surface area contributed by atoms with Crippen molar-refractivity contribution in [2.75, 3.05) is 6.54 Å². The van der Waals surface area contributed by atoms with Gasteiger partial charge in [-0.1, -0.05) is 72.1 Å². The van der Waals surface area contributed by atoms with Gasteiger partial charge in [0, 0.05) is 25.8 Å². The number of hydrogen-bond acceptors (Lipinski definition) is 6. The van der Waals surface area contributed by atoms with Crippen molar-refractivity contribution in [2.45, 2.75) is 22.5 Å². The van der Waals surface area contributed by atoms with Gasteiger partial charge in [-0.25, -0.2) is 5.01 Å². The Labute approximate surface area is 225 Å². The summed E-state index contributed by atoms with van der Waals surface area (Å²) in [4.78, 5) is 64.2. The fourth-order valence-corrected chi connectivity index (χ4v) is 5.87. The number of nitro benzene ring substituents is 1. The molecule has 0 aromatic heterocycles. The van der Waals surface area contributed by atoms with Crippen LogP contribution in [0.3, 0.4) is 0 Å². The van der Waals surface area contributed by atoms with Crippen molar-refractivity contribution in [3.63, 3.8) is 0 Å². The van der Waals surface area contributed by atoms with Gasteiger partial charge in [0.15, 0.2) is 5.78 Å². The van der Waals surface area contributed by atoms with Crippen molar-refractivity contribution in [3.8, 4) is 0 Å². The minimum Gasteiger partial charge on any atom is -0.292 e. The molecule has 12 heteroatoms. The highest BCUT2D eigenvalue weighted by molar-refractivity contribution is 9.12. The fraction of sp³-hybridized carbons (Fsp3) is 0.304. The Hall–Kier alpha value is -2.44. The van der Waals surface area contributed by atoms with Crippen LogP contribution < -0.4 is 0 Å². The van der Waals surface area contributed by atoms with Gasteiger partial charge in [-0.3, -0.25) is 29.3 Å². The number of imide groups is 1. The van der Waals surface area contributed by atoms with E-state index >= 15 is 0 Å². The van der Waals surface area contributed by atoms with Gasteiger partial charge in [0.1, 0.15) is 12.1 Å². The number of alkyl halides is 2. The number of carbonyl (C=O) groups excluding carboxylic acids is 4. The van der Waals surface area contributed by atoms with Crippen LogP contribution in [0.2, 0.25) is 0 Å². The second kappa shape index (κ2) is 10.3. The van der Waals surface area contributed by atoms with E-state index in [1.54, 1.807) is 12.1 Å². The molecule has 9 nitrogen and oxygen atoms in total. The monoisotopic (exact) mass is 669 g/mol. The highest BCUT2D eigenvalue weighted by Crippen LogP contribution is 2.43. The van der Waals surface area contributed by atoms with Crippen molar-refractivity contribution in [2.24, 2.45) is 11.8 Å². The van der Waals surface area contributed by atoms with E-state index in [4.69, 9.17) is 0 Å². The summed E-state index contributed by atoms with van der Waals surface area (Å²) >= 11 is 10.3. The van der Waals surface area contributed by atoms with Crippen LogP contribution in [0.1, 0.15) is 33.6 Å². The smallest absolute Gasteiger partial charge is 0.282 e. The largest absolute Gasteiger partial charge is 0.292 e. The van der Waals surface area contributed by atoms with E-state index in [1.807, 2.05) is 0 Å². The number of fused-ring (bicyclic) bond motifs is 1. The molecule has 1 heterocycles. The zero-order valence-corrected chi connectivity index (χ0v) is 22.7. The van der Waals surface area contributed by atoms with Crippen molar-refractivity contribution in [3.05, 3.63) is 74.2 Å². The first kappa shape index (κ1) is 25.6. The highest BCUT2D eigenvalue weighted by Gasteiger charge is 2.55. The molecule has 1 saturated carbocycles. The summed E-state index contributed by atoms with van der Waals surface area (Å²) in [7, 11) is 0. The van der Waals surface area contributed by atoms with Crippen LogP contribution in [-0.4, -0.2) is 54.6 Å². The number of rotatable bonds is 6. The Morgan fingerprint density at radius 3 is 2.06 bits per heavy atom. The van der Waals surface area contributed by atoms with Crippen LogP contribution in [-0.2, 0) is 9.59 Å². The molecule has 0 bridgehead atoms. The van der Waals surface area contributed by atoms with Crippen LogP contribution in [0.5, 0.6) is 0 Å². The molecular formula is C23H18Br3N3O6. The van der Waals surface area contributed by atoms with Gasteiger partial charge >= 0.3 is 0 Å². The van der Waals surface area contributed by atoms with Crippen LogP contribution >= 0.6 is 47.8 Å². The van der Waals surface area contributed by atoms with E-state index < -0.39 is 52.5 Å². The number of ketones is 1. The lowest BCUT2D eigenvalue weighted by Gasteiger charge is -2.30. The molecule has 1 aliphatic heterocycles. The molecular weight excluding hydrogens is 654 g/mol. The number of nitro groups is 1. The molecule has 1 saturated heterocycles. The predicted octanol–water partition coefficient (Wildman–Crippen LogP) is 4.52. The quantitative estimate of drug-likeness (QED) is 0.147. The van der Waals surface area contributed by atoms with Crippen LogP contribution in [0.4, 0.5) is 5.69 Å². The number of hydrogen-bond donors (Lipinski definition) is 0. The van der Waals surface area contributed by atoms with Crippen LogP contribution in [0.15, 0.2) is 53.0 Å². The van der Waals surface area contributed by atoms with E-state index in [-0.39, 0.29) is 20.8 Å². The molecule has 0 unspecified atom stereocenters. The molecule has 1 aliphatic carbocycles. The van der Waals surface area contributed by atoms with Crippen molar-refractivity contribution < 1.29 is 24.1 Å². The average Bonchev–Trinajstić information content (AvgIpc) is 3.06. The van der Waals surface area contributed by atoms with E-state index in [0.29, 0.717) is 12.8 Å². The number of amides is 3. The number of para-hydroxylation sites is 1. The normalized spacial score (nSPS) is 23.7. The molecule has 3 amide bonds. The third kappa shape index (κ3) is 4.96. The summed E-state index contributed by atoms with van der Waals surface area (Å²) in [6.45, 7) is -0.640. The predicted molar refractivity (Wildman–Crippen MR) is 136 cm³/mol.